The van der Waals surface area contributed by atoms with E-state index in [9.17, 15) is 4.39 Å². The number of aryl methyl sites for hydroxylation is 1. The van der Waals surface area contributed by atoms with Crippen molar-refractivity contribution in [3.8, 4) is 11.6 Å². The molecular formula is C13H11FN2OS. The summed E-state index contributed by atoms with van der Waals surface area (Å²) in [5.41, 5.74) is 6.66. The third-order valence-electron chi connectivity index (χ3n) is 2.37. The minimum Gasteiger partial charge on any atom is -0.439 e. The van der Waals surface area contributed by atoms with Crippen molar-refractivity contribution < 1.29 is 9.13 Å². The number of pyridine rings is 1. The topological polar surface area (TPSA) is 48.1 Å². The average Bonchev–Trinajstić information content (AvgIpc) is 2.34. The maximum absolute atomic E-state index is 13.1. The lowest BCUT2D eigenvalue weighted by atomic mass is 10.2. The maximum Gasteiger partial charge on any atom is 0.219 e. The van der Waals surface area contributed by atoms with Crippen LogP contribution in [0.1, 0.15) is 11.1 Å². The Morgan fingerprint density at radius 3 is 2.67 bits per heavy atom. The maximum atomic E-state index is 13.1. The van der Waals surface area contributed by atoms with E-state index in [2.05, 4.69) is 4.98 Å². The van der Waals surface area contributed by atoms with Crippen LogP contribution in [0.25, 0.3) is 0 Å². The van der Waals surface area contributed by atoms with Gasteiger partial charge in [-0.2, -0.15) is 0 Å². The van der Waals surface area contributed by atoms with Crippen LogP contribution in [0.3, 0.4) is 0 Å². The van der Waals surface area contributed by atoms with E-state index in [0.29, 0.717) is 22.8 Å². The molecule has 0 radical (unpaired) electrons. The first kappa shape index (κ1) is 12.4. The lowest BCUT2D eigenvalue weighted by Gasteiger charge is -2.06. The Hall–Kier alpha value is -2.01. The minimum absolute atomic E-state index is 0.265. The quantitative estimate of drug-likeness (QED) is 0.864. The summed E-state index contributed by atoms with van der Waals surface area (Å²) in [6, 6.07) is 7.90. The molecule has 0 spiro atoms. The van der Waals surface area contributed by atoms with Gasteiger partial charge in [0.05, 0.1) is 0 Å². The van der Waals surface area contributed by atoms with Crippen molar-refractivity contribution in [2.24, 2.45) is 5.73 Å². The Morgan fingerprint density at radius 1 is 1.33 bits per heavy atom. The molecule has 0 aliphatic heterocycles. The molecule has 0 aliphatic rings. The molecule has 2 rings (SSSR count). The monoisotopic (exact) mass is 262 g/mol. The molecule has 3 nitrogen and oxygen atoms in total. The molecule has 18 heavy (non-hydrogen) atoms. The fourth-order valence-corrected chi connectivity index (χ4v) is 1.51. The molecule has 0 fully saturated rings. The Balaban J connectivity index is 2.18. The largest absolute Gasteiger partial charge is 0.439 e. The number of rotatable bonds is 3. The molecule has 92 valence electrons. The van der Waals surface area contributed by atoms with Crippen LogP contribution in [0.15, 0.2) is 36.5 Å². The predicted octanol–water partition coefficient (Wildman–Crippen LogP) is 2.96. The van der Waals surface area contributed by atoms with E-state index < -0.39 is 0 Å². The van der Waals surface area contributed by atoms with Crippen LogP contribution >= 0.6 is 12.2 Å². The summed E-state index contributed by atoms with van der Waals surface area (Å²) in [5, 5.41) is 0. The van der Waals surface area contributed by atoms with Crippen molar-refractivity contribution in [2.45, 2.75) is 6.92 Å². The van der Waals surface area contributed by atoms with Crippen LogP contribution in [0.4, 0.5) is 4.39 Å². The number of ether oxygens (including phenoxy) is 1. The van der Waals surface area contributed by atoms with Crippen molar-refractivity contribution in [2.75, 3.05) is 0 Å². The second-order valence-corrected chi connectivity index (χ2v) is 4.20. The van der Waals surface area contributed by atoms with Crippen LogP contribution in [0.2, 0.25) is 0 Å². The van der Waals surface area contributed by atoms with E-state index in [1.807, 2.05) is 0 Å². The SMILES string of the molecule is Cc1cc(Oc2ccc(C(N)=S)cn2)ccc1F. The Morgan fingerprint density at radius 2 is 2.11 bits per heavy atom. The van der Waals surface area contributed by atoms with Gasteiger partial charge in [0.15, 0.2) is 0 Å². The lowest BCUT2D eigenvalue weighted by Crippen LogP contribution is -2.09. The second-order valence-electron chi connectivity index (χ2n) is 3.76. The van der Waals surface area contributed by atoms with Gasteiger partial charge in [0.2, 0.25) is 5.88 Å². The van der Waals surface area contributed by atoms with Gasteiger partial charge < -0.3 is 10.5 Å². The Labute approximate surface area is 109 Å². The number of nitrogens with two attached hydrogens (primary N) is 1. The molecule has 2 N–H and O–H groups in total. The fraction of sp³-hybridized carbons (Fsp3) is 0.0769. The number of hydrogen-bond donors (Lipinski definition) is 1. The van der Waals surface area contributed by atoms with Crippen LogP contribution in [-0.2, 0) is 0 Å². The zero-order valence-corrected chi connectivity index (χ0v) is 10.5. The van der Waals surface area contributed by atoms with E-state index >= 15 is 0 Å². The van der Waals surface area contributed by atoms with Crippen LogP contribution in [0, 0.1) is 12.7 Å². The first-order valence-corrected chi connectivity index (χ1v) is 5.67. The average molecular weight is 262 g/mol. The van der Waals surface area contributed by atoms with Gasteiger partial charge in [0.1, 0.15) is 16.6 Å². The molecule has 0 aliphatic carbocycles. The van der Waals surface area contributed by atoms with Gasteiger partial charge >= 0.3 is 0 Å². The lowest BCUT2D eigenvalue weighted by molar-refractivity contribution is 0.460. The second kappa shape index (κ2) is 5.10. The Bertz CT molecular complexity index is 584. The van der Waals surface area contributed by atoms with Gasteiger partial charge in [-0.05, 0) is 36.8 Å². The van der Waals surface area contributed by atoms with E-state index in [-0.39, 0.29) is 10.8 Å². The highest BCUT2D eigenvalue weighted by Gasteiger charge is 2.03. The number of aromatic nitrogens is 1. The smallest absolute Gasteiger partial charge is 0.219 e. The molecule has 0 saturated heterocycles. The molecule has 0 amide bonds. The van der Waals surface area contributed by atoms with Gasteiger partial charge in [-0.3, -0.25) is 0 Å². The summed E-state index contributed by atoms with van der Waals surface area (Å²) in [4.78, 5) is 4.35. The van der Waals surface area contributed by atoms with Crippen molar-refractivity contribution in [3.63, 3.8) is 0 Å². The molecule has 2 aromatic rings. The third kappa shape index (κ3) is 2.81. The van der Waals surface area contributed by atoms with Gasteiger partial charge in [-0.1, -0.05) is 12.2 Å². The third-order valence-corrected chi connectivity index (χ3v) is 2.61. The summed E-state index contributed by atoms with van der Waals surface area (Å²) in [5.74, 6) is 0.671. The van der Waals surface area contributed by atoms with E-state index in [4.69, 9.17) is 22.7 Å². The fourth-order valence-electron chi connectivity index (χ4n) is 1.39. The highest BCUT2D eigenvalue weighted by atomic mass is 32.1. The van der Waals surface area contributed by atoms with Gasteiger partial charge in [0.25, 0.3) is 0 Å². The van der Waals surface area contributed by atoms with Crippen LogP contribution in [-0.4, -0.2) is 9.97 Å². The predicted molar refractivity (Wildman–Crippen MR) is 71.3 cm³/mol. The standard InChI is InChI=1S/C13H11FN2OS/c1-8-6-10(3-4-11(8)14)17-12-5-2-9(7-16-12)13(15)18/h2-7H,1H3,(H2,15,18). The van der Waals surface area contributed by atoms with Gasteiger partial charge in [-0.15, -0.1) is 0 Å². The normalized spacial score (nSPS) is 10.1. The minimum atomic E-state index is -0.265. The number of benzene rings is 1. The number of nitrogens with zero attached hydrogens (tertiary/aromatic N) is 1. The number of halogens is 1. The van der Waals surface area contributed by atoms with Crippen molar-refractivity contribution in [3.05, 3.63) is 53.5 Å². The van der Waals surface area contributed by atoms with Crippen LogP contribution < -0.4 is 10.5 Å². The molecule has 1 heterocycles. The Kier molecular flexibility index (Phi) is 3.53. The molecule has 0 bridgehead atoms. The van der Waals surface area contributed by atoms with E-state index in [1.165, 1.54) is 12.3 Å². The first-order chi connectivity index (χ1) is 8.56. The first-order valence-electron chi connectivity index (χ1n) is 5.26. The molecule has 5 heteroatoms. The molecule has 0 atom stereocenters. The van der Waals surface area contributed by atoms with Crippen molar-refractivity contribution >= 4 is 17.2 Å². The van der Waals surface area contributed by atoms with Gasteiger partial charge in [-0.25, -0.2) is 9.37 Å². The van der Waals surface area contributed by atoms with E-state index in [1.54, 1.807) is 31.2 Å². The number of thiocarbonyl (C=S) groups is 1. The highest BCUT2D eigenvalue weighted by Crippen LogP contribution is 2.21. The zero-order chi connectivity index (χ0) is 13.1. The summed E-state index contributed by atoms with van der Waals surface area (Å²) < 4.78 is 18.6. The van der Waals surface area contributed by atoms with Crippen molar-refractivity contribution in [1.29, 1.82) is 0 Å². The molecule has 0 saturated carbocycles. The summed E-state index contributed by atoms with van der Waals surface area (Å²) >= 11 is 4.82. The van der Waals surface area contributed by atoms with Gasteiger partial charge in [0, 0.05) is 17.8 Å². The number of hydrogen-bond acceptors (Lipinski definition) is 3. The van der Waals surface area contributed by atoms with E-state index in [0.717, 1.165) is 0 Å². The molecule has 1 aromatic heterocycles. The summed E-state index contributed by atoms with van der Waals surface area (Å²) in [6.07, 6.45) is 1.54. The van der Waals surface area contributed by atoms with Crippen LogP contribution in [0.5, 0.6) is 11.6 Å². The van der Waals surface area contributed by atoms with Crippen molar-refractivity contribution in [1.82, 2.24) is 4.98 Å². The highest BCUT2D eigenvalue weighted by molar-refractivity contribution is 7.80. The molecule has 0 unspecified atom stereocenters. The summed E-state index contributed by atoms with van der Waals surface area (Å²) in [6.45, 7) is 1.67. The zero-order valence-electron chi connectivity index (χ0n) is 9.68. The summed E-state index contributed by atoms with van der Waals surface area (Å²) in [7, 11) is 0. The molecular weight excluding hydrogens is 251 g/mol. The molecule has 1 aromatic carbocycles.